The van der Waals surface area contributed by atoms with Crippen LogP contribution in [0.2, 0.25) is 0 Å². The van der Waals surface area contributed by atoms with Gasteiger partial charge in [-0.25, -0.2) is 0 Å². The summed E-state index contributed by atoms with van der Waals surface area (Å²) in [7, 11) is 0. The van der Waals surface area contributed by atoms with Gasteiger partial charge in [-0.2, -0.15) is 17.6 Å². The molecule has 0 aliphatic rings. The van der Waals surface area contributed by atoms with Gasteiger partial charge in [0.25, 0.3) is 0 Å². The maximum atomic E-state index is 12.4. The molecular formula is C15H11ClF4O2. The highest BCUT2D eigenvalue weighted by Gasteiger charge is 2.18. The molecule has 0 heterocycles. The summed E-state index contributed by atoms with van der Waals surface area (Å²) < 4.78 is 57.7. The first-order chi connectivity index (χ1) is 10.5. The van der Waals surface area contributed by atoms with Crippen LogP contribution in [0.5, 0.6) is 11.5 Å². The fourth-order valence-electron chi connectivity index (χ4n) is 1.88. The Morgan fingerprint density at radius 3 is 1.91 bits per heavy atom. The molecule has 0 saturated carbocycles. The first-order valence-corrected chi connectivity index (χ1v) is 6.63. The van der Waals surface area contributed by atoms with Gasteiger partial charge in [0, 0.05) is 0 Å². The molecule has 1 atom stereocenters. The van der Waals surface area contributed by atoms with Gasteiger partial charge in [0.15, 0.2) is 11.5 Å². The van der Waals surface area contributed by atoms with Crippen molar-refractivity contribution >= 4 is 11.6 Å². The molecular weight excluding hydrogens is 324 g/mol. The van der Waals surface area contributed by atoms with Crippen LogP contribution in [0.25, 0.3) is 0 Å². The minimum Gasteiger partial charge on any atom is -0.431 e. The third kappa shape index (κ3) is 4.27. The van der Waals surface area contributed by atoms with Gasteiger partial charge in [-0.3, -0.25) is 0 Å². The van der Waals surface area contributed by atoms with Gasteiger partial charge in [-0.05, 0) is 23.3 Å². The topological polar surface area (TPSA) is 18.5 Å². The average Bonchev–Trinajstić information content (AvgIpc) is 2.48. The molecule has 0 spiro atoms. The number of hydrogen-bond donors (Lipinski definition) is 0. The van der Waals surface area contributed by atoms with Gasteiger partial charge in [0.05, 0.1) is 5.38 Å². The van der Waals surface area contributed by atoms with E-state index in [0.29, 0.717) is 5.56 Å². The molecule has 0 radical (unpaired) electrons. The van der Waals surface area contributed by atoms with E-state index in [9.17, 15) is 17.6 Å². The monoisotopic (exact) mass is 334 g/mol. The Morgan fingerprint density at radius 1 is 0.727 bits per heavy atom. The Balaban J connectivity index is 2.33. The Labute approximate surface area is 129 Å². The van der Waals surface area contributed by atoms with Crippen LogP contribution >= 0.6 is 11.6 Å². The molecule has 0 aliphatic heterocycles. The third-order valence-electron chi connectivity index (χ3n) is 2.78. The number of benzene rings is 2. The minimum absolute atomic E-state index is 0.421. The highest BCUT2D eigenvalue weighted by Crippen LogP contribution is 2.36. The van der Waals surface area contributed by atoms with Crippen molar-refractivity contribution in [2.45, 2.75) is 18.6 Å². The maximum absolute atomic E-state index is 12.4. The van der Waals surface area contributed by atoms with Crippen molar-refractivity contribution < 1.29 is 27.0 Å². The number of rotatable bonds is 6. The molecule has 22 heavy (non-hydrogen) atoms. The predicted molar refractivity (Wildman–Crippen MR) is 73.8 cm³/mol. The van der Waals surface area contributed by atoms with Gasteiger partial charge >= 0.3 is 13.2 Å². The Morgan fingerprint density at radius 2 is 1.32 bits per heavy atom. The van der Waals surface area contributed by atoms with Gasteiger partial charge in [0.1, 0.15) is 0 Å². The highest BCUT2D eigenvalue weighted by molar-refractivity contribution is 6.22. The summed E-state index contributed by atoms with van der Waals surface area (Å²) >= 11 is 6.27. The second-order valence-electron chi connectivity index (χ2n) is 4.24. The van der Waals surface area contributed by atoms with E-state index >= 15 is 0 Å². The highest BCUT2D eigenvalue weighted by atomic mass is 35.5. The Hall–Kier alpha value is -1.95. The third-order valence-corrected chi connectivity index (χ3v) is 3.29. The van der Waals surface area contributed by atoms with Crippen LogP contribution in [0.15, 0.2) is 48.5 Å². The van der Waals surface area contributed by atoms with E-state index in [-0.39, 0.29) is 0 Å². The number of ether oxygens (including phenoxy) is 2. The Kier molecular flexibility index (Phi) is 5.49. The molecule has 2 aromatic rings. The molecule has 0 aromatic heterocycles. The quantitative estimate of drug-likeness (QED) is 0.533. The first kappa shape index (κ1) is 16.4. The van der Waals surface area contributed by atoms with Gasteiger partial charge < -0.3 is 9.47 Å². The van der Waals surface area contributed by atoms with Crippen LogP contribution in [-0.2, 0) is 0 Å². The van der Waals surface area contributed by atoms with Crippen molar-refractivity contribution in [3.63, 3.8) is 0 Å². The van der Waals surface area contributed by atoms with Crippen LogP contribution in [-0.4, -0.2) is 13.2 Å². The second-order valence-corrected chi connectivity index (χ2v) is 4.67. The van der Waals surface area contributed by atoms with E-state index in [1.54, 1.807) is 30.3 Å². The molecule has 2 nitrogen and oxygen atoms in total. The van der Waals surface area contributed by atoms with Crippen molar-refractivity contribution in [1.82, 2.24) is 0 Å². The van der Waals surface area contributed by atoms with Crippen molar-refractivity contribution in [3.05, 3.63) is 59.7 Å². The minimum atomic E-state index is -3.17. The standard InChI is InChI=1S/C15H11ClF4O2/c16-13(9-4-2-1-3-5-9)10-6-7-11(21-14(17)18)12(8-10)22-15(19)20/h1-8,13-15H. The smallest absolute Gasteiger partial charge is 0.387 e. The fraction of sp³-hybridized carbons (Fsp3) is 0.200. The molecule has 0 saturated heterocycles. The Bertz CT molecular complexity index is 608. The zero-order valence-electron chi connectivity index (χ0n) is 11.1. The maximum Gasteiger partial charge on any atom is 0.387 e. The van der Waals surface area contributed by atoms with Crippen LogP contribution in [0, 0.1) is 0 Å². The first-order valence-electron chi connectivity index (χ1n) is 6.20. The average molecular weight is 335 g/mol. The van der Waals surface area contributed by atoms with E-state index < -0.39 is 30.1 Å². The molecule has 0 aliphatic carbocycles. The van der Waals surface area contributed by atoms with Crippen LogP contribution in [0.4, 0.5) is 17.6 Å². The van der Waals surface area contributed by atoms with Crippen LogP contribution in [0.3, 0.4) is 0 Å². The summed E-state index contributed by atoms with van der Waals surface area (Å²) in [4.78, 5) is 0. The zero-order chi connectivity index (χ0) is 16.1. The van der Waals surface area contributed by atoms with Gasteiger partial charge in [-0.1, -0.05) is 36.4 Å². The molecule has 2 aromatic carbocycles. The summed E-state index contributed by atoms with van der Waals surface area (Å²) in [6, 6.07) is 12.6. The largest absolute Gasteiger partial charge is 0.431 e. The van der Waals surface area contributed by atoms with E-state index in [1.165, 1.54) is 6.07 Å². The number of halogens is 5. The van der Waals surface area contributed by atoms with Crippen molar-refractivity contribution in [3.8, 4) is 11.5 Å². The number of alkyl halides is 5. The van der Waals surface area contributed by atoms with E-state index in [2.05, 4.69) is 9.47 Å². The normalized spacial score (nSPS) is 12.5. The van der Waals surface area contributed by atoms with Crippen molar-refractivity contribution in [2.75, 3.05) is 0 Å². The molecule has 7 heteroatoms. The molecule has 0 N–H and O–H groups in total. The fourth-order valence-corrected chi connectivity index (χ4v) is 2.16. The predicted octanol–water partition coefficient (Wildman–Crippen LogP) is 5.22. The van der Waals surface area contributed by atoms with E-state index in [0.717, 1.165) is 17.7 Å². The SMILES string of the molecule is FC(F)Oc1ccc(C(Cl)c2ccccc2)cc1OC(F)F. The van der Waals surface area contributed by atoms with Crippen LogP contribution in [0.1, 0.15) is 16.5 Å². The van der Waals surface area contributed by atoms with Gasteiger partial charge in [0.2, 0.25) is 0 Å². The molecule has 0 amide bonds. The van der Waals surface area contributed by atoms with Gasteiger partial charge in [-0.15, -0.1) is 11.6 Å². The molecule has 2 rings (SSSR count). The molecule has 1 unspecified atom stereocenters. The zero-order valence-corrected chi connectivity index (χ0v) is 11.8. The summed E-state index contributed by atoms with van der Waals surface area (Å²) in [5, 5.41) is -0.637. The molecule has 0 bridgehead atoms. The van der Waals surface area contributed by atoms with Crippen molar-refractivity contribution in [1.29, 1.82) is 0 Å². The van der Waals surface area contributed by atoms with E-state index in [4.69, 9.17) is 11.6 Å². The lowest BCUT2D eigenvalue weighted by Gasteiger charge is -2.15. The summed E-state index contributed by atoms with van der Waals surface area (Å²) in [5.41, 5.74) is 1.15. The number of hydrogen-bond acceptors (Lipinski definition) is 2. The summed E-state index contributed by atoms with van der Waals surface area (Å²) in [5.74, 6) is -0.967. The lowest BCUT2D eigenvalue weighted by atomic mass is 10.0. The van der Waals surface area contributed by atoms with Crippen molar-refractivity contribution in [2.24, 2.45) is 0 Å². The summed E-state index contributed by atoms with van der Waals surface area (Å²) in [6.07, 6.45) is 0. The lowest BCUT2D eigenvalue weighted by Crippen LogP contribution is -2.08. The van der Waals surface area contributed by atoms with Crippen LogP contribution < -0.4 is 9.47 Å². The molecule has 118 valence electrons. The second kappa shape index (κ2) is 7.35. The van der Waals surface area contributed by atoms with E-state index in [1.807, 2.05) is 0 Å². The summed E-state index contributed by atoms with van der Waals surface area (Å²) in [6.45, 7) is -6.31. The molecule has 0 fully saturated rings. The lowest BCUT2D eigenvalue weighted by molar-refractivity contribution is -0.0692.